The Morgan fingerprint density at radius 1 is 0.364 bits per heavy atom. The number of methoxy groups -OCH3 is 1. The van der Waals surface area contributed by atoms with Gasteiger partial charge in [0, 0.05) is 29.4 Å². The lowest BCUT2D eigenvalue weighted by molar-refractivity contribution is -0.137. The second-order valence-electron chi connectivity index (χ2n) is 32.6. The van der Waals surface area contributed by atoms with Crippen molar-refractivity contribution in [2.75, 3.05) is 39.0 Å². The SMILES string of the molecule is CC(=O)Oc1ccc(Cl)cc1C(=O)Nc1ccc(C(=O)O)cc1Cl.CC(C)Cc1ccc(O)c(C(=O)Nc2ccc(C(=O)OC(C)C)cc2Cl)c1.CC(C)Cc1ccc(O)c(C(=O)Nc2ccc(C(F)(F)F)cc2Cl)c1.CCC(C)c1ccc(O)c(C(=O)Nc2ccc(C(=O)O)cc2Cl)c1.CCC(C)c1ccc(O)c(C(=O)Nc2ccc(C(=O)OC)cc2Cl)c1.O=C(Nc1ccncc1Cl)c1cc(Cl)ccc1O. The minimum atomic E-state index is -4.52. The number of halogens is 11. The lowest BCUT2D eigenvalue weighted by Crippen LogP contribution is -2.15. The summed E-state index contributed by atoms with van der Waals surface area (Å²) in [5.74, 6) is -6.38. The maximum absolute atomic E-state index is 12.6. The molecule has 0 bridgehead atoms. The van der Waals surface area contributed by atoms with Crippen molar-refractivity contribution in [3.05, 3.63) is 342 Å². The molecular weight excluding hydrogens is 2020 g/mol. The van der Waals surface area contributed by atoms with Crippen LogP contribution in [0.3, 0.4) is 0 Å². The number of amides is 6. The molecular formula is C104H98Cl8F3N7O21. The zero-order valence-corrected chi connectivity index (χ0v) is 84.5. The minimum absolute atomic E-state index is 0.0126. The molecule has 11 aromatic carbocycles. The number of carboxylic acids is 2. The normalized spacial score (nSPS) is 11.1. The highest BCUT2D eigenvalue weighted by atomic mass is 35.5. The molecule has 1 heterocycles. The zero-order valence-electron chi connectivity index (χ0n) is 78.5. The van der Waals surface area contributed by atoms with Gasteiger partial charge in [0.25, 0.3) is 35.4 Å². The van der Waals surface area contributed by atoms with Gasteiger partial charge in [-0.05, 0) is 267 Å². The van der Waals surface area contributed by atoms with E-state index in [0.717, 1.165) is 66.1 Å². The molecule has 0 fully saturated rings. The van der Waals surface area contributed by atoms with Crippen molar-refractivity contribution >= 4 is 192 Å². The third-order valence-electron chi connectivity index (χ3n) is 20.4. The number of hydrogen-bond acceptors (Lipinski definition) is 20. The van der Waals surface area contributed by atoms with Gasteiger partial charge in [0.15, 0.2) is 0 Å². The van der Waals surface area contributed by atoms with Gasteiger partial charge < -0.3 is 81.9 Å². The molecule has 0 spiro atoms. The van der Waals surface area contributed by atoms with Gasteiger partial charge in [-0.15, -0.1) is 0 Å². The van der Waals surface area contributed by atoms with E-state index in [4.69, 9.17) is 112 Å². The quantitative estimate of drug-likeness (QED) is 0.0177. The van der Waals surface area contributed by atoms with Crippen LogP contribution in [-0.4, -0.2) is 119 Å². The lowest BCUT2D eigenvalue weighted by atomic mass is 9.96. The predicted octanol–water partition coefficient (Wildman–Crippen LogP) is 26.9. The number of nitrogens with zero attached hydrogens (tertiary/aromatic N) is 1. The van der Waals surface area contributed by atoms with Gasteiger partial charge in [0.05, 0.1) is 139 Å². The molecule has 0 saturated carbocycles. The van der Waals surface area contributed by atoms with E-state index in [1.54, 1.807) is 68.4 Å². The summed E-state index contributed by atoms with van der Waals surface area (Å²) in [6, 6.07) is 49.1. The first kappa shape index (κ1) is 116. The number of esters is 3. The number of alkyl halides is 3. The molecule has 1 aromatic heterocycles. The molecule has 2 unspecified atom stereocenters. The molecule has 143 heavy (non-hydrogen) atoms. The molecule has 39 heteroatoms. The van der Waals surface area contributed by atoms with Crippen LogP contribution in [0.25, 0.3) is 0 Å². The number of anilines is 6. The summed E-state index contributed by atoms with van der Waals surface area (Å²) in [4.78, 5) is 134. The Kier molecular flexibility index (Phi) is 43.9. The van der Waals surface area contributed by atoms with Crippen LogP contribution in [0.2, 0.25) is 40.2 Å². The number of carbonyl (C=O) groups excluding carboxylic acids is 9. The van der Waals surface area contributed by atoms with Crippen molar-refractivity contribution in [3.63, 3.8) is 0 Å². The van der Waals surface area contributed by atoms with Crippen LogP contribution < -0.4 is 36.6 Å². The summed E-state index contributed by atoms with van der Waals surface area (Å²) in [6.07, 6.45) is 1.51. The first-order chi connectivity index (χ1) is 67.3. The van der Waals surface area contributed by atoms with E-state index in [1.807, 2.05) is 27.7 Å². The van der Waals surface area contributed by atoms with Crippen molar-refractivity contribution in [2.45, 2.75) is 126 Å². The molecule has 12 aromatic rings. The molecule has 2 atom stereocenters. The fraction of sp³-hybridized carbons (Fsp3) is 0.212. The Balaban J connectivity index is 0.000000234. The van der Waals surface area contributed by atoms with E-state index in [-0.39, 0.29) is 150 Å². The highest BCUT2D eigenvalue weighted by molar-refractivity contribution is 6.37. The van der Waals surface area contributed by atoms with E-state index in [1.165, 1.54) is 160 Å². The summed E-state index contributed by atoms with van der Waals surface area (Å²) in [5, 5.41) is 84.0. The van der Waals surface area contributed by atoms with Crippen LogP contribution >= 0.6 is 92.8 Å². The lowest BCUT2D eigenvalue weighted by Gasteiger charge is -2.13. The van der Waals surface area contributed by atoms with Crippen LogP contribution in [0.1, 0.15) is 232 Å². The first-order valence-corrected chi connectivity index (χ1v) is 46.4. The van der Waals surface area contributed by atoms with Gasteiger partial charge in [0.2, 0.25) is 0 Å². The second kappa shape index (κ2) is 54.2. The number of phenols is 5. The van der Waals surface area contributed by atoms with Gasteiger partial charge in [-0.3, -0.25) is 38.5 Å². The summed E-state index contributed by atoms with van der Waals surface area (Å²) < 4.78 is 52.7. The zero-order chi connectivity index (χ0) is 106. The number of phenolic OH excluding ortho intramolecular Hbond substituents is 5. The number of aromatic nitrogens is 1. The summed E-state index contributed by atoms with van der Waals surface area (Å²) in [5.41, 5.74) is 5.71. The second-order valence-corrected chi connectivity index (χ2v) is 35.9. The molecule has 0 aliphatic heterocycles. The third-order valence-corrected chi connectivity index (χ3v) is 22.7. The highest BCUT2D eigenvalue weighted by Crippen LogP contribution is 2.38. The number of ether oxygens (including phenoxy) is 3. The smallest absolute Gasteiger partial charge is 0.416 e. The average Bonchev–Trinajstić information content (AvgIpc) is 0.813. The van der Waals surface area contributed by atoms with Crippen LogP contribution in [0, 0.1) is 11.8 Å². The fourth-order valence-electron chi connectivity index (χ4n) is 12.7. The number of carboxylic acid groups (broad SMARTS) is 2. The molecule has 6 amide bonds. The fourth-order valence-corrected chi connectivity index (χ4v) is 14.3. The molecule has 13 N–H and O–H groups in total. The van der Waals surface area contributed by atoms with Crippen molar-refractivity contribution in [1.82, 2.24) is 4.98 Å². The molecule has 0 radical (unpaired) electrons. The van der Waals surface area contributed by atoms with E-state index >= 15 is 0 Å². The highest BCUT2D eigenvalue weighted by Gasteiger charge is 2.32. The van der Waals surface area contributed by atoms with Gasteiger partial charge in [-0.1, -0.05) is 172 Å². The van der Waals surface area contributed by atoms with Gasteiger partial charge in [0.1, 0.15) is 34.5 Å². The maximum atomic E-state index is 12.6. The Bertz CT molecular complexity index is 6710. The van der Waals surface area contributed by atoms with Gasteiger partial charge in [-0.2, -0.15) is 13.2 Å². The first-order valence-electron chi connectivity index (χ1n) is 43.3. The topological polar surface area (TPSA) is 442 Å². The summed E-state index contributed by atoms with van der Waals surface area (Å²) in [6.45, 7) is 21.1. The monoisotopic (exact) mass is 2120 g/mol. The van der Waals surface area contributed by atoms with Gasteiger partial charge >= 0.3 is 36.0 Å². The molecule has 0 aliphatic carbocycles. The summed E-state index contributed by atoms with van der Waals surface area (Å²) in [7, 11) is 1.28. The Labute approximate surface area is 860 Å². The number of aromatic carboxylic acids is 2. The number of benzene rings is 11. The largest absolute Gasteiger partial charge is 0.507 e. The van der Waals surface area contributed by atoms with E-state index < -0.39 is 77.0 Å². The van der Waals surface area contributed by atoms with E-state index in [9.17, 15) is 91.4 Å². The average molecular weight is 2120 g/mol. The number of hydrogen-bond donors (Lipinski definition) is 13. The van der Waals surface area contributed by atoms with E-state index in [2.05, 4.69) is 69.3 Å². The Morgan fingerprint density at radius 2 is 0.678 bits per heavy atom. The van der Waals surface area contributed by atoms with E-state index in [0.29, 0.717) is 44.5 Å². The minimum Gasteiger partial charge on any atom is -0.507 e. The van der Waals surface area contributed by atoms with Crippen molar-refractivity contribution < 1.29 is 116 Å². The molecule has 752 valence electrons. The van der Waals surface area contributed by atoms with Crippen molar-refractivity contribution in [3.8, 4) is 34.5 Å². The van der Waals surface area contributed by atoms with Crippen LogP contribution in [0.15, 0.2) is 219 Å². The predicted molar refractivity (Wildman–Crippen MR) is 548 cm³/mol. The third kappa shape index (κ3) is 35.2. The number of nitrogens with one attached hydrogen (secondary N) is 6. The number of pyridine rings is 1. The molecule has 28 nitrogen and oxygen atoms in total. The van der Waals surface area contributed by atoms with Crippen LogP contribution in [-0.2, 0) is 33.3 Å². The number of aromatic hydroxyl groups is 5. The van der Waals surface area contributed by atoms with Crippen molar-refractivity contribution in [1.29, 1.82) is 0 Å². The molecule has 12 rings (SSSR count). The Hall–Kier alpha value is -14.2. The Morgan fingerprint density at radius 3 is 1.01 bits per heavy atom. The maximum Gasteiger partial charge on any atom is 0.416 e. The molecule has 0 saturated heterocycles. The number of rotatable bonds is 26. The number of carbonyl (C=O) groups is 11. The molecule has 0 aliphatic rings. The van der Waals surface area contributed by atoms with Gasteiger partial charge in [-0.25, -0.2) is 19.2 Å². The van der Waals surface area contributed by atoms with Crippen LogP contribution in [0.5, 0.6) is 34.5 Å². The van der Waals surface area contributed by atoms with Crippen LogP contribution in [0.4, 0.5) is 47.3 Å². The van der Waals surface area contributed by atoms with Crippen molar-refractivity contribution in [2.24, 2.45) is 11.8 Å². The summed E-state index contributed by atoms with van der Waals surface area (Å²) >= 11 is 47.6. The standard InChI is InChI=1S/C21H24ClNO4.C19H20ClNO4.C18H17ClF3NO2.C18H18ClNO4.C16H11Cl2NO5.C12H8Cl2N2O2/c1-12(2)9-14-5-8-19(24)16(10-14)20(25)23-18-7-6-15(11-17(18)22)21(26)27-13(3)4;1-4-11(2)12-6-8-17(22)14(9-12)18(23)21-16-7-5-13(10-15(16)20)19(24)25-3;1-10(2)7-11-3-6-16(24)13(8-11)17(25)23-15-5-4-12(9-14(15)19)18(20,21)22;1-3-10(2)11-5-7-16(21)13(8-11)17(22)20-15-6-4-12(18(23)24)9-14(15)19;1-8(20)24-14-5-3-10(17)7-11(14)15(21)19-13-4-2-9(16(22)23)6-12(13)18;13-7-1-2-11(17)8(5-7)12(18)16-10-3-4-15-6-9(10)14/h5-8,10-13,24H,9H2,1-4H3,(H,23,25);5-11,22H,4H2,1-3H3,(H,21,23);3-6,8-10,24H,7H2,1-2H3,(H,23,25);4-10,21H,3H2,1-2H3,(H,20,22)(H,23,24);2-7H,1H3,(H,19,21)(H,22,23);1-6,17H,(H,15,16,18).